The van der Waals surface area contributed by atoms with E-state index in [4.69, 9.17) is 5.11 Å². The number of aromatic nitrogens is 1. The number of pyridine rings is 1. The number of hydrogen-bond donors (Lipinski definition) is 1. The second-order valence-electron chi connectivity index (χ2n) is 2.15. The Morgan fingerprint density at radius 1 is 1.67 bits per heavy atom. The fraction of sp³-hybridized carbons (Fsp3) is 0.143. The summed E-state index contributed by atoms with van der Waals surface area (Å²) in [6.45, 7) is 0. The number of rotatable bonds is 2. The van der Waals surface area contributed by atoms with Gasteiger partial charge in [-0.25, -0.2) is 4.39 Å². The van der Waals surface area contributed by atoms with E-state index in [0.717, 1.165) is 6.20 Å². The highest BCUT2D eigenvalue weighted by atomic mass is 79.9. The predicted octanol–water partition coefficient (Wildman–Crippen LogP) is 1.61. The molecule has 0 unspecified atom stereocenters. The van der Waals surface area contributed by atoms with Gasteiger partial charge in [0.05, 0.1) is 12.6 Å². The number of carboxylic acids is 1. The smallest absolute Gasteiger partial charge is 0.307 e. The lowest BCUT2D eigenvalue weighted by Gasteiger charge is -2.00. The lowest BCUT2D eigenvalue weighted by molar-refractivity contribution is -0.136. The third-order valence-corrected chi connectivity index (χ3v) is 1.96. The van der Waals surface area contributed by atoms with Crippen molar-refractivity contribution in [3.8, 4) is 0 Å². The molecule has 0 saturated heterocycles. The molecule has 5 heteroatoms. The monoisotopic (exact) mass is 233 g/mol. The maximum Gasteiger partial charge on any atom is 0.307 e. The summed E-state index contributed by atoms with van der Waals surface area (Å²) in [6.07, 6.45) is 2.01. The Hall–Kier alpha value is -0.970. The van der Waals surface area contributed by atoms with E-state index >= 15 is 0 Å². The SMILES string of the molecule is O=C(O)Cc1c(F)cncc1Br. The largest absolute Gasteiger partial charge is 0.481 e. The van der Waals surface area contributed by atoms with Gasteiger partial charge >= 0.3 is 5.97 Å². The number of halogens is 2. The first-order valence-electron chi connectivity index (χ1n) is 3.11. The highest BCUT2D eigenvalue weighted by Crippen LogP contribution is 2.18. The van der Waals surface area contributed by atoms with E-state index in [2.05, 4.69) is 20.9 Å². The van der Waals surface area contributed by atoms with Crippen LogP contribution < -0.4 is 0 Å². The van der Waals surface area contributed by atoms with Gasteiger partial charge in [0.1, 0.15) is 5.82 Å². The van der Waals surface area contributed by atoms with E-state index in [1.54, 1.807) is 0 Å². The minimum Gasteiger partial charge on any atom is -0.481 e. The maximum atomic E-state index is 12.9. The summed E-state index contributed by atoms with van der Waals surface area (Å²) in [5.41, 5.74) is 0.123. The summed E-state index contributed by atoms with van der Waals surface area (Å²) in [6, 6.07) is 0. The van der Waals surface area contributed by atoms with Crippen LogP contribution in [0.2, 0.25) is 0 Å². The molecule has 0 bridgehead atoms. The van der Waals surface area contributed by atoms with Crippen LogP contribution in [0.1, 0.15) is 5.56 Å². The van der Waals surface area contributed by atoms with Crippen molar-refractivity contribution < 1.29 is 14.3 Å². The van der Waals surface area contributed by atoms with E-state index in [1.165, 1.54) is 6.20 Å². The normalized spacial score (nSPS) is 9.83. The summed E-state index contributed by atoms with van der Waals surface area (Å²) in [7, 11) is 0. The first-order chi connectivity index (χ1) is 5.61. The van der Waals surface area contributed by atoms with Gasteiger partial charge in [-0.15, -0.1) is 0 Å². The van der Waals surface area contributed by atoms with Gasteiger partial charge in [0, 0.05) is 16.2 Å². The summed E-state index contributed by atoms with van der Waals surface area (Å²) in [4.78, 5) is 13.8. The quantitative estimate of drug-likeness (QED) is 0.845. The topological polar surface area (TPSA) is 50.2 Å². The van der Waals surface area contributed by atoms with Gasteiger partial charge in [-0.05, 0) is 15.9 Å². The lowest BCUT2D eigenvalue weighted by atomic mass is 10.2. The van der Waals surface area contributed by atoms with E-state index in [1.807, 2.05) is 0 Å². The van der Waals surface area contributed by atoms with Crippen LogP contribution >= 0.6 is 15.9 Å². The van der Waals surface area contributed by atoms with Crippen molar-refractivity contribution >= 4 is 21.9 Å². The highest BCUT2D eigenvalue weighted by Gasteiger charge is 2.10. The molecule has 3 nitrogen and oxygen atoms in total. The van der Waals surface area contributed by atoms with Gasteiger partial charge in [0.2, 0.25) is 0 Å². The van der Waals surface area contributed by atoms with Gasteiger partial charge in [0.15, 0.2) is 0 Å². The molecule has 1 rings (SSSR count). The molecule has 1 heterocycles. The molecule has 0 amide bonds. The molecular weight excluding hydrogens is 229 g/mol. The molecule has 0 radical (unpaired) electrons. The zero-order valence-electron chi connectivity index (χ0n) is 5.92. The van der Waals surface area contributed by atoms with E-state index < -0.39 is 11.8 Å². The fourth-order valence-electron chi connectivity index (χ4n) is 0.758. The van der Waals surface area contributed by atoms with Crippen molar-refractivity contribution in [2.75, 3.05) is 0 Å². The van der Waals surface area contributed by atoms with Crippen molar-refractivity contribution in [2.45, 2.75) is 6.42 Å². The Balaban J connectivity index is 3.04. The van der Waals surface area contributed by atoms with Crippen LogP contribution in [0.3, 0.4) is 0 Å². The zero-order valence-corrected chi connectivity index (χ0v) is 7.51. The minimum atomic E-state index is -1.07. The Bertz CT molecular complexity index is 296. The molecule has 12 heavy (non-hydrogen) atoms. The molecule has 0 aliphatic rings. The van der Waals surface area contributed by atoms with Gasteiger partial charge in [-0.3, -0.25) is 9.78 Å². The molecule has 0 aliphatic heterocycles. The summed E-state index contributed by atoms with van der Waals surface area (Å²) >= 11 is 3.01. The second-order valence-corrected chi connectivity index (χ2v) is 3.01. The predicted molar refractivity (Wildman–Crippen MR) is 43.2 cm³/mol. The molecule has 1 aromatic heterocycles. The van der Waals surface area contributed by atoms with Crippen LogP contribution in [-0.2, 0) is 11.2 Å². The van der Waals surface area contributed by atoms with E-state index in [0.29, 0.717) is 4.47 Å². The van der Waals surface area contributed by atoms with E-state index in [9.17, 15) is 9.18 Å². The summed E-state index contributed by atoms with van der Waals surface area (Å²) in [5, 5.41) is 8.41. The van der Waals surface area contributed by atoms with Crippen LogP contribution in [0, 0.1) is 5.82 Å². The molecular formula is C7H5BrFNO2. The second kappa shape index (κ2) is 3.62. The van der Waals surface area contributed by atoms with E-state index in [-0.39, 0.29) is 12.0 Å². The Morgan fingerprint density at radius 3 is 2.83 bits per heavy atom. The first kappa shape index (κ1) is 9.12. The Morgan fingerprint density at radius 2 is 2.33 bits per heavy atom. The van der Waals surface area contributed by atoms with Crippen molar-refractivity contribution in [3.05, 3.63) is 28.2 Å². The minimum absolute atomic E-state index is 0.123. The number of nitrogens with zero attached hydrogens (tertiary/aromatic N) is 1. The summed E-state index contributed by atoms with van der Waals surface area (Å²) in [5.74, 6) is -1.67. The van der Waals surface area contributed by atoms with Crippen molar-refractivity contribution in [3.63, 3.8) is 0 Å². The molecule has 0 fully saturated rings. The van der Waals surface area contributed by atoms with Gasteiger partial charge in [-0.2, -0.15) is 0 Å². The zero-order chi connectivity index (χ0) is 9.14. The van der Waals surface area contributed by atoms with Crippen LogP contribution in [0.25, 0.3) is 0 Å². The third kappa shape index (κ3) is 2.01. The van der Waals surface area contributed by atoms with Crippen molar-refractivity contribution in [1.29, 1.82) is 0 Å². The van der Waals surface area contributed by atoms with Crippen LogP contribution in [0.5, 0.6) is 0 Å². The molecule has 0 aromatic carbocycles. The third-order valence-electron chi connectivity index (χ3n) is 1.28. The number of hydrogen-bond acceptors (Lipinski definition) is 2. The standard InChI is InChI=1S/C7H5BrFNO2/c8-5-2-10-3-6(9)4(5)1-7(11)12/h2-3H,1H2,(H,11,12). The molecule has 0 aliphatic carbocycles. The molecule has 0 spiro atoms. The van der Waals surface area contributed by atoms with Gasteiger partial charge in [0.25, 0.3) is 0 Å². The van der Waals surface area contributed by atoms with Crippen LogP contribution in [0.4, 0.5) is 4.39 Å². The average molecular weight is 234 g/mol. The fourth-order valence-corrected chi connectivity index (χ4v) is 1.21. The van der Waals surface area contributed by atoms with Crippen LogP contribution in [-0.4, -0.2) is 16.1 Å². The Labute approximate surface area is 76.4 Å². The summed E-state index contributed by atoms with van der Waals surface area (Å²) < 4.78 is 13.2. The first-order valence-corrected chi connectivity index (χ1v) is 3.90. The molecule has 0 saturated carbocycles. The molecule has 64 valence electrons. The van der Waals surface area contributed by atoms with Crippen molar-refractivity contribution in [2.24, 2.45) is 0 Å². The van der Waals surface area contributed by atoms with Gasteiger partial charge in [-0.1, -0.05) is 0 Å². The molecule has 1 aromatic rings. The average Bonchev–Trinajstić information content (AvgIpc) is 1.97. The number of aliphatic carboxylic acids is 1. The van der Waals surface area contributed by atoms with Crippen LogP contribution in [0.15, 0.2) is 16.9 Å². The lowest BCUT2D eigenvalue weighted by Crippen LogP contribution is -2.03. The van der Waals surface area contributed by atoms with Crippen molar-refractivity contribution in [1.82, 2.24) is 4.98 Å². The molecule has 0 atom stereocenters. The van der Waals surface area contributed by atoms with Gasteiger partial charge < -0.3 is 5.11 Å². The number of carbonyl (C=O) groups is 1. The number of carboxylic acid groups (broad SMARTS) is 1. The maximum absolute atomic E-state index is 12.9. The molecule has 1 N–H and O–H groups in total. The highest BCUT2D eigenvalue weighted by molar-refractivity contribution is 9.10. The Kier molecular flexibility index (Phi) is 2.75.